The van der Waals surface area contributed by atoms with Gasteiger partial charge in [0, 0.05) is 41.5 Å². The SMILES string of the molecule is CC(C)OC(=O)c1ccc([C@@H](CCC(C)(C)C)N2C(=O)C(c3cc(Cl)cc(Cl)c3)=NC23CCN(C(=O)OC(C)(C)C)CC3)cc1. The Morgan fingerprint density at radius 3 is 2.04 bits per heavy atom. The Balaban J connectivity index is 1.77. The minimum Gasteiger partial charge on any atom is -0.459 e. The molecule has 2 aliphatic heterocycles. The van der Waals surface area contributed by atoms with Crippen molar-refractivity contribution in [3.63, 3.8) is 0 Å². The average Bonchev–Trinajstić information content (AvgIpc) is 3.18. The zero-order chi connectivity index (χ0) is 33.3. The first-order chi connectivity index (χ1) is 20.9. The molecule has 244 valence electrons. The number of carbonyl (C=O) groups excluding carboxylic acids is 3. The van der Waals surface area contributed by atoms with Crippen LogP contribution in [0.2, 0.25) is 10.0 Å². The molecule has 0 radical (unpaired) electrons. The fourth-order valence-corrected chi connectivity index (χ4v) is 6.31. The van der Waals surface area contributed by atoms with Gasteiger partial charge in [0.15, 0.2) is 0 Å². The van der Waals surface area contributed by atoms with E-state index in [2.05, 4.69) is 20.8 Å². The molecule has 2 heterocycles. The molecule has 4 rings (SSSR count). The second-order valence-corrected chi connectivity index (χ2v) is 15.3. The van der Waals surface area contributed by atoms with Gasteiger partial charge in [0.2, 0.25) is 0 Å². The van der Waals surface area contributed by atoms with Gasteiger partial charge in [0.1, 0.15) is 17.0 Å². The number of amides is 2. The largest absolute Gasteiger partial charge is 0.459 e. The smallest absolute Gasteiger partial charge is 0.410 e. The molecule has 2 aromatic carbocycles. The number of hydrogen-bond acceptors (Lipinski definition) is 6. The zero-order valence-electron chi connectivity index (χ0n) is 27.6. The van der Waals surface area contributed by atoms with Crippen LogP contribution in [-0.4, -0.2) is 63.9 Å². The highest BCUT2D eigenvalue weighted by molar-refractivity contribution is 6.47. The number of ether oxygens (including phenoxy) is 2. The summed E-state index contributed by atoms with van der Waals surface area (Å²) in [4.78, 5) is 48.9. The normalized spacial score (nSPS) is 17.5. The lowest BCUT2D eigenvalue weighted by atomic mass is 9.84. The van der Waals surface area contributed by atoms with Gasteiger partial charge in [-0.3, -0.25) is 9.79 Å². The monoisotopic (exact) mass is 657 g/mol. The summed E-state index contributed by atoms with van der Waals surface area (Å²) in [5.41, 5.74) is 0.656. The molecule has 2 aliphatic rings. The molecule has 1 fully saturated rings. The lowest BCUT2D eigenvalue weighted by Gasteiger charge is -2.46. The van der Waals surface area contributed by atoms with Crippen molar-refractivity contribution >= 4 is 46.9 Å². The maximum absolute atomic E-state index is 14.6. The summed E-state index contributed by atoms with van der Waals surface area (Å²) in [6, 6.07) is 12.0. The van der Waals surface area contributed by atoms with Gasteiger partial charge >= 0.3 is 12.1 Å². The number of rotatable bonds is 7. The molecule has 45 heavy (non-hydrogen) atoms. The van der Waals surface area contributed by atoms with Gasteiger partial charge in [0.05, 0.1) is 17.7 Å². The van der Waals surface area contributed by atoms with Crippen molar-refractivity contribution in [1.29, 1.82) is 0 Å². The van der Waals surface area contributed by atoms with Gasteiger partial charge in [-0.1, -0.05) is 56.1 Å². The van der Waals surface area contributed by atoms with Gasteiger partial charge in [-0.05, 0) is 88.8 Å². The molecule has 2 aromatic rings. The Morgan fingerprint density at radius 1 is 0.956 bits per heavy atom. The summed E-state index contributed by atoms with van der Waals surface area (Å²) in [5, 5.41) is 0.821. The molecule has 0 N–H and O–H groups in total. The van der Waals surface area contributed by atoms with Crippen LogP contribution in [-0.2, 0) is 14.3 Å². The fraction of sp³-hybridized carbons (Fsp3) is 0.543. The highest BCUT2D eigenvalue weighted by atomic mass is 35.5. The average molecular weight is 659 g/mol. The van der Waals surface area contributed by atoms with Crippen LogP contribution >= 0.6 is 23.2 Å². The van der Waals surface area contributed by atoms with E-state index in [1.807, 2.05) is 51.7 Å². The van der Waals surface area contributed by atoms with Crippen molar-refractivity contribution in [2.45, 2.75) is 104 Å². The first kappa shape index (κ1) is 34.8. The molecule has 1 spiro atoms. The van der Waals surface area contributed by atoms with Gasteiger partial charge in [-0.2, -0.15) is 0 Å². The van der Waals surface area contributed by atoms with Crippen molar-refractivity contribution in [2.75, 3.05) is 13.1 Å². The molecule has 10 heteroatoms. The molecule has 2 amide bonds. The maximum Gasteiger partial charge on any atom is 0.410 e. The second-order valence-electron chi connectivity index (χ2n) is 14.4. The second kappa shape index (κ2) is 13.3. The van der Waals surface area contributed by atoms with E-state index in [1.165, 1.54) is 0 Å². The quantitative estimate of drug-likeness (QED) is 0.279. The number of benzene rings is 2. The fourth-order valence-electron chi connectivity index (χ4n) is 5.79. The third kappa shape index (κ3) is 8.59. The number of esters is 1. The van der Waals surface area contributed by atoms with E-state index in [0.717, 1.165) is 12.0 Å². The lowest BCUT2D eigenvalue weighted by molar-refractivity contribution is -0.133. The first-order valence-corrected chi connectivity index (χ1v) is 16.3. The van der Waals surface area contributed by atoms with Crippen LogP contribution < -0.4 is 0 Å². The molecule has 8 nitrogen and oxygen atoms in total. The van der Waals surface area contributed by atoms with Crippen molar-refractivity contribution in [3.05, 3.63) is 69.2 Å². The summed E-state index contributed by atoms with van der Waals surface area (Å²) >= 11 is 12.7. The molecule has 0 aromatic heterocycles. The van der Waals surface area contributed by atoms with Gasteiger partial charge in [-0.25, -0.2) is 9.59 Å². The third-order valence-corrected chi connectivity index (χ3v) is 8.33. The predicted octanol–water partition coefficient (Wildman–Crippen LogP) is 8.48. The Labute approximate surface area is 277 Å². The van der Waals surface area contributed by atoms with E-state index < -0.39 is 17.2 Å². The van der Waals surface area contributed by atoms with E-state index in [0.29, 0.717) is 59.2 Å². The Kier molecular flexibility index (Phi) is 10.3. The van der Waals surface area contributed by atoms with Crippen molar-refractivity contribution in [2.24, 2.45) is 10.4 Å². The van der Waals surface area contributed by atoms with Crippen molar-refractivity contribution < 1.29 is 23.9 Å². The number of hydrogen-bond donors (Lipinski definition) is 0. The van der Waals surface area contributed by atoms with Gasteiger partial charge < -0.3 is 19.3 Å². The lowest BCUT2D eigenvalue weighted by Crippen LogP contribution is -2.56. The summed E-state index contributed by atoms with van der Waals surface area (Å²) in [6.45, 7) is 16.4. The van der Waals surface area contributed by atoms with E-state index in [-0.39, 0.29) is 29.6 Å². The minimum absolute atomic E-state index is 0.000554. The Hall–Kier alpha value is -3.10. The van der Waals surface area contributed by atoms with E-state index in [9.17, 15) is 14.4 Å². The number of halogens is 2. The highest BCUT2D eigenvalue weighted by Gasteiger charge is 2.52. The van der Waals surface area contributed by atoms with Crippen LogP contribution in [0.1, 0.15) is 109 Å². The van der Waals surface area contributed by atoms with Crippen LogP contribution in [0.15, 0.2) is 47.5 Å². The van der Waals surface area contributed by atoms with Gasteiger partial charge in [-0.15, -0.1) is 0 Å². The molecular weight excluding hydrogens is 613 g/mol. The number of likely N-dealkylation sites (tertiary alicyclic amines) is 1. The molecule has 0 aliphatic carbocycles. The predicted molar refractivity (Wildman–Crippen MR) is 178 cm³/mol. The van der Waals surface area contributed by atoms with Crippen molar-refractivity contribution in [1.82, 2.24) is 9.80 Å². The van der Waals surface area contributed by atoms with Crippen LogP contribution in [0.25, 0.3) is 0 Å². The summed E-state index contributed by atoms with van der Waals surface area (Å²) in [6.07, 6.45) is 1.74. The molecular formula is C35H45Cl2N3O5. The molecule has 1 saturated heterocycles. The van der Waals surface area contributed by atoms with E-state index in [1.54, 1.807) is 35.2 Å². The van der Waals surface area contributed by atoms with E-state index >= 15 is 0 Å². The third-order valence-electron chi connectivity index (χ3n) is 7.89. The summed E-state index contributed by atoms with van der Waals surface area (Å²) < 4.78 is 11.0. The first-order valence-electron chi connectivity index (χ1n) is 15.6. The van der Waals surface area contributed by atoms with Crippen LogP contribution in [0, 0.1) is 5.41 Å². The minimum atomic E-state index is -0.905. The number of piperidine rings is 1. The van der Waals surface area contributed by atoms with Crippen LogP contribution in [0.4, 0.5) is 4.79 Å². The van der Waals surface area contributed by atoms with Crippen LogP contribution in [0.3, 0.4) is 0 Å². The number of aliphatic imine (C=N–C) groups is 1. The maximum atomic E-state index is 14.6. The number of carbonyl (C=O) groups is 3. The zero-order valence-corrected chi connectivity index (χ0v) is 29.1. The van der Waals surface area contributed by atoms with Gasteiger partial charge in [0.25, 0.3) is 5.91 Å². The van der Waals surface area contributed by atoms with Crippen LogP contribution in [0.5, 0.6) is 0 Å². The Bertz CT molecular complexity index is 1430. The molecule has 1 atom stereocenters. The number of nitrogens with zero attached hydrogens (tertiary/aromatic N) is 3. The Morgan fingerprint density at radius 2 is 1.53 bits per heavy atom. The van der Waals surface area contributed by atoms with E-state index in [4.69, 9.17) is 37.7 Å². The molecule has 0 bridgehead atoms. The highest BCUT2D eigenvalue weighted by Crippen LogP contribution is 2.45. The molecule has 0 unspecified atom stereocenters. The topological polar surface area (TPSA) is 88.5 Å². The standard InChI is InChI=1S/C35H45Cl2N3O5/c1-22(2)44-31(42)24-11-9-23(10-12-24)28(13-14-33(3,4)5)40-30(41)29(25-19-26(36)21-27(37)20-25)38-35(40)15-17-39(18-16-35)32(43)45-34(6,7)8/h9-12,19-22,28H,13-18H2,1-8H3/t28-/m1/s1. The van der Waals surface area contributed by atoms with Crippen molar-refractivity contribution in [3.8, 4) is 0 Å². The molecule has 0 saturated carbocycles. The summed E-state index contributed by atoms with van der Waals surface area (Å²) in [5.74, 6) is -0.615. The summed E-state index contributed by atoms with van der Waals surface area (Å²) in [7, 11) is 0.